The van der Waals surface area contributed by atoms with Gasteiger partial charge in [0.1, 0.15) is 6.04 Å². The first kappa shape index (κ1) is 22.7. The molecule has 0 aromatic carbocycles. The van der Waals surface area contributed by atoms with Gasteiger partial charge < -0.3 is 5.32 Å². The van der Waals surface area contributed by atoms with Crippen molar-refractivity contribution in [3.8, 4) is 0 Å². The van der Waals surface area contributed by atoms with Crippen LogP contribution in [0.1, 0.15) is 84.0 Å². The highest BCUT2D eigenvalue weighted by molar-refractivity contribution is 6.08. The Morgan fingerprint density at radius 2 is 1.78 bits per heavy atom. The molecule has 7 nitrogen and oxygen atoms in total. The van der Waals surface area contributed by atoms with Crippen LogP contribution in [0.25, 0.3) is 0 Å². The van der Waals surface area contributed by atoms with Crippen LogP contribution >= 0.6 is 0 Å². The van der Waals surface area contributed by atoms with Gasteiger partial charge in [0.25, 0.3) is 0 Å². The molecule has 1 aromatic heterocycles. The van der Waals surface area contributed by atoms with E-state index < -0.39 is 6.04 Å². The van der Waals surface area contributed by atoms with Crippen LogP contribution in [0.15, 0.2) is 18.3 Å². The molecule has 4 rings (SSSR count). The summed E-state index contributed by atoms with van der Waals surface area (Å²) in [6.07, 6.45) is 10.2. The van der Waals surface area contributed by atoms with Gasteiger partial charge in [0.05, 0.1) is 29.6 Å². The molecule has 4 atom stereocenters. The van der Waals surface area contributed by atoms with Crippen LogP contribution in [0.2, 0.25) is 0 Å². The number of aromatic nitrogens is 2. The predicted octanol–water partition coefficient (Wildman–Crippen LogP) is 3.50. The van der Waals surface area contributed by atoms with Gasteiger partial charge in [0, 0.05) is 11.3 Å². The first-order valence-electron chi connectivity index (χ1n) is 12.0. The van der Waals surface area contributed by atoms with E-state index in [1.807, 2.05) is 32.2 Å². The van der Waals surface area contributed by atoms with E-state index >= 15 is 0 Å². The zero-order valence-corrected chi connectivity index (χ0v) is 19.9. The molecular weight excluding hydrogens is 404 g/mol. The third-order valence-electron chi connectivity index (χ3n) is 6.99. The number of hydrogen-bond acceptors (Lipinski definition) is 4. The molecule has 0 spiro atoms. The van der Waals surface area contributed by atoms with Gasteiger partial charge in [0.2, 0.25) is 17.7 Å². The normalized spacial score (nSPS) is 26.3. The van der Waals surface area contributed by atoms with Crippen LogP contribution in [-0.2, 0) is 26.3 Å². The minimum atomic E-state index is -0.761. The highest BCUT2D eigenvalue weighted by Crippen LogP contribution is 2.38. The highest BCUT2D eigenvalue weighted by atomic mass is 16.2. The quantitative estimate of drug-likeness (QED) is 0.561. The highest BCUT2D eigenvalue weighted by Gasteiger charge is 2.51. The van der Waals surface area contributed by atoms with Gasteiger partial charge in [-0.3, -0.25) is 24.0 Å². The number of nitrogens with one attached hydrogen (secondary N) is 1. The standard InChI is InChI=1S/C25H36N4O3/c1-15(2)13-21(28-23(31)16-9-6-7-10-17(16)24(28)32)22(30)27-19-11-8-12-20-18(19)14-26-29(20)25(3,4)5/h6-7,14-17,19,21H,8-13H2,1-5H3,(H,27,30)/t16-,17+,19-,21-/m1/s1. The van der Waals surface area contributed by atoms with Crippen LogP contribution in [0.4, 0.5) is 0 Å². The number of hydrogen-bond donors (Lipinski definition) is 1. The van der Waals surface area contributed by atoms with Crippen molar-refractivity contribution in [1.82, 2.24) is 20.0 Å². The summed E-state index contributed by atoms with van der Waals surface area (Å²) in [5.74, 6) is -1.06. The number of rotatable bonds is 5. The zero-order chi connectivity index (χ0) is 23.2. The van der Waals surface area contributed by atoms with Crippen molar-refractivity contribution in [2.24, 2.45) is 17.8 Å². The number of carbonyl (C=O) groups is 3. The number of likely N-dealkylation sites (tertiary alicyclic amines) is 1. The summed E-state index contributed by atoms with van der Waals surface area (Å²) in [4.78, 5) is 41.2. The summed E-state index contributed by atoms with van der Waals surface area (Å²) >= 11 is 0. The molecule has 1 saturated heterocycles. The lowest BCUT2D eigenvalue weighted by atomic mass is 9.85. The molecule has 174 valence electrons. The van der Waals surface area contributed by atoms with Crippen molar-refractivity contribution in [2.75, 3.05) is 0 Å². The molecule has 32 heavy (non-hydrogen) atoms. The van der Waals surface area contributed by atoms with E-state index in [4.69, 9.17) is 0 Å². The van der Waals surface area contributed by atoms with Gasteiger partial charge in [-0.1, -0.05) is 26.0 Å². The van der Waals surface area contributed by atoms with Gasteiger partial charge >= 0.3 is 0 Å². The molecule has 3 aliphatic rings. The van der Waals surface area contributed by atoms with Gasteiger partial charge in [-0.15, -0.1) is 0 Å². The van der Waals surface area contributed by atoms with E-state index in [9.17, 15) is 14.4 Å². The number of amides is 3. The van der Waals surface area contributed by atoms with Crippen molar-refractivity contribution in [3.05, 3.63) is 29.6 Å². The average Bonchev–Trinajstić information content (AvgIpc) is 3.27. The number of carbonyl (C=O) groups excluding carboxylic acids is 3. The van der Waals surface area contributed by atoms with E-state index in [1.54, 1.807) is 0 Å². The van der Waals surface area contributed by atoms with E-state index in [0.29, 0.717) is 19.3 Å². The second kappa shape index (κ2) is 8.49. The molecule has 1 aromatic rings. The zero-order valence-electron chi connectivity index (χ0n) is 19.9. The SMILES string of the molecule is CC(C)C[C@H](C(=O)N[C@@H]1CCCc2c1cnn2C(C)(C)C)N1C(=O)[C@H]2CC=CC[C@H]2C1=O. The predicted molar refractivity (Wildman–Crippen MR) is 121 cm³/mol. The van der Waals surface area contributed by atoms with Gasteiger partial charge in [0.15, 0.2) is 0 Å². The van der Waals surface area contributed by atoms with Crippen molar-refractivity contribution >= 4 is 17.7 Å². The Bertz CT molecular complexity index is 913. The monoisotopic (exact) mass is 440 g/mol. The van der Waals surface area contributed by atoms with E-state index in [2.05, 4.69) is 35.9 Å². The minimum absolute atomic E-state index is 0.127. The molecule has 2 aliphatic carbocycles. The third-order valence-corrected chi connectivity index (χ3v) is 6.99. The molecular formula is C25H36N4O3. The Balaban J connectivity index is 1.58. The first-order valence-corrected chi connectivity index (χ1v) is 12.0. The number of nitrogens with zero attached hydrogens (tertiary/aromatic N) is 3. The van der Waals surface area contributed by atoms with Gasteiger partial charge in [-0.2, -0.15) is 5.10 Å². The first-order chi connectivity index (χ1) is 15.1. The molecule has 0 unspecified atom stereocenters. The second-order valence-electron chi connectivity index (χ2n) is 10.9. The lowest BCUT2D eigenvalue weighted by Gasteiger charge is -2.31. The summed E-state index contributed by atoms with van der Waals surface area (Å²) in [7, 11) is 0. The van der Waals surface area contributed by atoms with Crippen molar-refractivity contribution in [1.29, 1.82) is 0 Å². The Labute approximate surface area is 190 Å². The molecule has 0 radical (unpaired) electrons. The Morgan fingerprint density at radius 1 is 1.16 bits per heavy atom. The van der Waals surface area contributed by atoms with Crippen LogP contribution in [-0.4, -0.2) is 38.4 Å². The van der Waals surface area contributed by atoms with Gasteiger partial charge in [-0.25, -0.2) is 0 Å². The maximum atomic E-state index is 13.5. The van der Waals surface area contributed by atoms with Gasteiger partial charge in [-0.05, 0) is 65.2 Å². The molecule has 1 aliphatic heterocycles. The fraction of sp³-hybridized carbons (Fsp3) is 0.680. The van der Waals surface area contributed by atoms with Crippen LogP contribution < -0.4 is 5.32 Å². The summed E-state index contributed by atoms with van der Waals surface area (Å²) in [6.45, 7) is 10.4. The lowest BCUT2D eigenvalue weighted by molar-refractivity contribution is -0.148. The Morgan fingerprint density at radius 3 is 2.34 bits per heavy atom. The largest absolute Gasteiger partial charge is 0.347 e. The summed E-state index contributed by atoms with van der Waals surface area (Å²) in [5.41, 5.74) is 2.10. The molecule has 2 heterocycles. The average molecular weight is 441 g/mol. The fourth-order valence-electron chi connectivity index (χ4n) is 5.46. The number of allylic oxidation sites excluding steroid dienone is 2. The van der Waals surface area contributed by atoms with E-state index in [0.717, 1.165) is 24.8 Å². The number of fused-ring (bicyclic) bond motifs is 2. The van der Waals surface area contributed by atoms with Crippen molar-refractivity contribution < 1.29 is 14.4 Å². The third kappa shape index (κ3) is 4.02. The van der Waals surface area contributed by atoms with Crippen molar-refractivity contribution in [3.63, 3.8) is 0 Å². The van der Waals surface area contributed by atoms with E-state index in [-0.39, 0.29) is 47.1 Å². The topological polar surface area (TPSA) is 84.3 Å². The summed E-state index contributed by atoms with van der Waals surface area (Å²) < 4.78 is 2.05. The molecule has 0 saturated carbocycles. The summed E-state index contributed by atoms with van der Waals surface area (Å²) in [5, 5.41) is 7.80. The molecule has 7 heteroatoms. The van der Waals surface area contributed by atoms with Crippen molar-refractivity contribution in [2.45, 2.75) is 90.8 Å². The maximum absolute atomic E-state index is 13.5. The molecule has 3 amide bonds. The molecule has 0 bridgehead atoms. The fourth-order valence-corrected chi connectivity index (χ4v) is 5.46. The van der Waals surface area contributed by atoms with E-state index in [1.165, 1.54) is 10.6 Å². The Kier molecular flexibility index (Phi) is 6.03. The molecule has 1 fully saturated rings. The Hall–Kier alpha value is -2.44. The smallest absolute Gasteiger partial charge is 0.243 e. The van der Waals surface area contributed by atoms with Crippen LogP contribution in [0.3, 0.4) is 0 Å². The number of imide groups is 1. The van der Waals surface area contributed by atoms with Crippen LogP contribution in [0, 0.1) is 17.8 Å². The maximum Gasteiger partial charge on any atom is 0.243 e. The summed E-state index contributed by atoms with van der Waals surface area (Å²) in [6, 6.07) is -0.905. The van der Waals surface area contributed by atoms with Crippen LogP contribution in [0.5, 0.6) is 0 Å². The molecule has 1 N–H and O–H groups in total. The lowest BCUT2D eigenvalue weighted by Crippen LogP contribution is -2.51. The minimum Gasteiger partial charge on any atom is -0.347 e. The second-order valence-corrected chi connectivity index (χ2v) is 10.9.